The molecule has 58 valence electrons. The van der Waals surface area contributed by atoms with Crippen LogP contribution in [-0.2, 0) is 4.79 Å². The molecule has 1 aliphatic heterocycles. The van der Waals surface area contributed by atoms with Gasteiger partial charge in [-0.25, -0.2) is 0 Å². The maximum absolute atomic E-state index is 11.2. The Kier molecular flexibility index (Phi) is 1.51. The van der Waals surface area contributed by atoms with Gasteiger partial charge >= 0.3 is 0 Å². The molecule has 1 aromatic rings. The van der Waals surface area contributed by atoms with Crippen molar-refractivity contribution in [2.45, 2.75) is 12.5 Å². The van der Waals surface area contributed by atoms with Gasteiger partial charge in [0.1, 0.15) is 11.8 Å². The van der Waals surface area contributed by atoms with E-state index in [9.17, 15) is 4.79 Å². The third kappa shape index (κ3) is 1.07. The summed E-state index contributed by atoms with van der Waals surface area (Å²) in [7, 11) is 0. The summed E-state index contributed by atoms with van der Waals surface area (Å²) in [4.78, 5) is 11.2. The largest absolute Gasteiger partial charge is 0.467 e. The fourth-order valence-corrected chi connectivity index (χ4v) is 1.31. The van der Waals surface area contributed by atoms with Gasteiger partial charge in [-0.1, -0.05) is 0 Å². The highest BCUT2D eigenvalue weighted by molar-refractivity contribution is 5.86. The molecular formula is C8H9NO2. The van der Waals surface area contributed by atoms with Crippen molar-refractivity contribution >= 4 is 5.78 Å². The van der Waals surface area contributed by atoms with Gasteiger partial charge in [0.2, 0.25) is 0 Å². The molecule has 11 heavy (non-hydrogen) atoms. The van der Waals surface area contributed by atoms with E-state index in [1.54, 1.807) is 12.3 Å². The predicted octanol–water partition coefficient (Wildman–Crippen LogP) is 0.883. The summed E-state index contributed by atoms with van der Waals surface area (Å²) in [5, 5.41) is 3.07. The summed E-state index contributed by atoms with van der Waals surface area (Å²) >= 11 is 0. The Balaban J connectivity index is 2.23. The van der Waals surface area contributed by atoms with E-state index in [-0.39, 0.29) is 11.8 Å². The van der Waals surface area contributed by atoms with Gasteiger partial charge in [-0.05, 0) is 12.1 Å². The molecule has 0 aliphatic carbocycles. The lowest BCUT2D eigenvalue weighted by atomic mass is 10.1. The third-order valence-corrected chi connectivity index (χ3v) is 1.87. The highest BCUT2D eigenvalue weighted by Crippen LogP contribution is 2.19. The van der Waals surface area contributed by atoms with Crippen LogP contribution in [0.3, 0.4) is 0 Å². The minimum atomic E-state index is -0.190. The third-order valence-electron chi connectivity index (χ3n) is 1.87. The first-order chi connectivity index (χ1) is 5.38. The molecule has 1 aliphatic rings. The Bertz CT molecular complexity index is 253. The van der Waals surface area contributed by atoms with Gasteiger partial charge in [0.05, 0.1) is 6.26 Å². The van der Waals surface area contributed by atoms with E-state index in [1.165, 1.54) is 0 Å². The first kappa shape index (κ1) is 6.61. The average Bonchev–Trinajstić information content (AvgIpc) is 2.55. The van der Waals surface area contributed by atoms with Crippen LogP contribution in [0.25, 0.3) is 0 Å². The Hall–Kier alpha value is -1.09. The average molecular weight is 151 g/mol. The van der Waals surface area contributed by atoms with Crippen molar-refractivity contribution in [2.24, 2.45) is 0 Å². The standard InChI is InChI=1S/C8H9NO2/c10-6-3-4-9-8(6)7-2-1-5-11-7/h1-2,5,8-9H,3-4H2. The predicted molar refractivity (Wildman–Crippen MR) is 39.1 cm³/mol. The van der Waals surface area contributed by atoms with E-state index in [2.05, 4.69) is 5.32 Å². The minimum absolute atomic E-state index is 0.190. The summed E-state index contributed by atoms with van der Waals surface area (Å²) < 4.78 is 5.10. The molecule has 1 atom stereocenters. The molecule has 1 aromatic heterocycles. The second-order valence-electron chi connectivity index (χ2n) is 2.62. The molecule has 1 saturated heterocycles. The Morgan fingerprint density at radius 2 is 2.55 bits per heavy atom. The van der Waals surface area contributed by atoms with Crippen LogP contribution in [0.5, 0.6) is 0 Å². The monoisotopic (exact) mass is 151 g/mol. The number of nitrogens with one attached hydrogen (secondary N) is 1. The molecule has 0 radical (unpaired) electrons. The van der Waals surface area contributed by atoms with Gasteiger partial charge in [0.25, 0.3) is 0 Å². The van der Waals surface area contributed by atoms with Crippen LogP contribution in [0.4, 0.5) is 0 Å². The lowest BCUT2D eigenvalue weighted by Gasteiger charge is -2.02. The molecule has 2 rings (SSSR count). The first-order valence-corrected chi connectivity index (χ1v) is 3.67. The van der Waals surface area contributed by atoms with Crippen LogP contribution < -0.4 is 5.32 Å². The molecule has 1 N–H and O–H groups in total. The summed E-state index contributed by atoms with van der Waals surface area (Å²) in [6.07, 6.45) is 2.20. The fourth-order valence-electron chi connectivity index (χ4n) is 1.31. The molecule has 0 spiro atoms. The Morgan fingerprint density at radius 3 is 3.09 bits per heavy atom. The quantitative estimate of drug-likeness (QED) is 0.648. The maximum atomic E-state index is 11.2. The molecule has 3 nitrogen and oxygen atoms in total. The fraction of sp³-hybridized carbons (Fsp3) is 0.375. The molecule has 0 bridgehead atoms. The zero-order chi connectivity index (χ0) is 7.68. The Morgan fingerprint density at radius 1 is 1.64 bits per heavy atom. The molecule has 1 unspecified atom stereocenters. The number of ketones is 1. The normalized spacial score (nSPS) is 24.4. The van der Waals surface area contributed by atoms with Crippen molar-refractivity contribution < 1.29 is 9.21 Å². The summed E-state index contributed by atoms with van der Waals surface area (Å²) in [5.74, 6) is 0.951. The maximum Gasteiger partial charge on any atom is 0.158 e. The zero-order valence-electron chi connectivity index (χ0n) is 6.04. The number of Topliss-reactive ketones (excluding diaryl/α,β-unsaturated/α-hetero) is 1. The number of furan rings is 1. The molecular weight excluding hydrogens is 142 g/mol. The number of hydrogen-bond donors (Lipinski definition) is 1. The topological polar surface area (TPSA) is 42.2 Å². The number of carbonyl (C=O) groups excluding carboxylic acids is 1. The van der Waals surface area contributed by atoms with E-state index >= 15 is 0 Å². The van der Waals surface area contributed by atoms with Crippen molar-refractivity contribution in [1.29, 1.82) is 0 Å². The first-order valence-electron chi connectivity index (χ1n) is 3.67. The van der Waals surface area contributed by atoms with Crippen LogP contribution in [0.2, 0.25) is 0 Å². The number of carbonyl (C=O) groups is 1. The van der Waals surface area contributed by atoms with Crippen LogP contribution in [0.15, 0.2) is 22.8 Å². The second-order valence-corrected chi connectivity index (χ2v) is 2.62. The summed E-state index contributed by atoms with van der Waals surface area (Å²) in [6, 6.07) is 3.42. The summed E-state index contributed by atoms with van der Waals surface area (Å²) in [5.41, 5.74) is 0. The van der Waals surface area contributed by atoms with Crippen LogP contribution in [-0.4, -0.2) is 12.3 Å². The minimum Gasteiger partial charge on any atom is -0.467 e. The van der Waals surface area contributed by atoms with Crippen LogP contribution in [0.1, 0.15) is 18.2 Å². The summed E-state index contributed by atoms with van der Waals surface area (Å²) in [6.45, 7) is 0.768. The van der Waals surface area contributed by atoms with Gasteiger partial charge < -0.3 is 9.73 Å². The second kappa shape index (κ2) is 2.51. The smallest absolute Gasteiger partial charge is 0.158 e. The van der Waals surface area contributed by atoms with Crippen molar-refractivity contribution in [3.8, 4) is 0 Å². The van der Waals surface area contributed by atoms with Gasteiger partial charge in [0.15, 0.2) is 5.78 Å². The van der Waals surface area contributed by atoms with Gasteiger partial charge in [-0.15, -0.1) is 0 Å². The molecule has 3 heteroatoms. The van der Waals surface area contributed by atoms with E-state index in [0.717, 1.165) is 12.3 Å². The van der Waals surface area contributed by atoms with Crippen molar-refractivity contribution in [2.75, 3.05) is 6.54 Å². The SMILES string of the molecule is O=C1CCNC1c1ccco1. The molecule has 2 heterocycles. The van der Waals surface area contributed by atoms with Gasteiger partial charge in [-0.3, -0.25) is 4.79 Å². The van der Waals surface area contributed by atoms with Gasteiger partial charge in [-0.2, -0.15) is 0 Å². The van der Waals surface area contributed by atoms with Gasteiger partial charge in [0, 0.05) is 13.0 Å². The lowest BCUT2D eigenvalue weighted by Crippen LogP contribution is -2.16. The van der Waals surface area contributed by atoms with E-state index in [0.29, 0.717) is 6.42 Å². The molecule has 0 aromatic carbocycles. The van der Waals surface area contributed by atoms with E-state index in [1.807, 2.05) is 6.07 Å². The number of rotatable bonds is 1. The van der Waals surface area contributed by atoms with E-state index in [4.69, 9.17) is 4.42 Å². The highest BCUT2D eigenvalue weighted by atomic mass is 16.3. The lowest BCUT2D eigenvalue weighted by molar-refractivity contribution is -0.119. The van der Waals surface area contributed by atoms with Crippen LogP contribution in [0, 0.1) is 0 Å². The highest BCUT2D eigenvalue weighted by Gasteiger charge is 2.26. The zero-order valence-corrected chi connectivity index (χ0v) is 6.04. The van der Waals surface area contributed by atoms with Crippen molar-refractivity contribution in [1.82, 2.24) is 5.32 Å². The molecule has 0 saturated carbocycles. The Labute approximate surface area is 64.4 Å². The van der Waals surface area contributed by atoms with Crippen LogP contribution >= 0.6 is 0 Å². The van der Waals surface area contributed by atoms with E-state index < -0.39 is 0 Å². The number of hydrogen-bond acceptors (Lipinski definition) is 3. The molecule has 0 amide bonds. The van der Waals surface area contributed by atoms with Crippen molar-refractivity contribution in [3.05, 3.63) is 24.2 Å². The molecule has 1 fully saturated rings. The van der Waals surface area contributed by atoms with Crippen molar-refractivity contribution in [3.63, 3.8) is 0 Å².